The molecule has 0 saturated carbocycles. The number of imidazole rings is 1. The molecule has 6 heteroatoms. The van der Waals surface area contributed by atoms with Crippen molar-refractivity contribution in [2.24, 2.45) is 0 Å². The number of rotatable bonds is 5. The van der Waals surface area contributed by atoms with Crippen LogP contribution in [0.4, 0.5) is 0 Å². The summed E-state index contributed by atoms with van der Waals surface area (Å²) in [5, 5.41) is 8.79. The largest absolute Gasteiger partial charge is 0.325 e. The van der Waals surface area contributed by atoms with Crippen LogP contribution in [0.1, 0.15) is 18.9 Å². The van der Waals surface area contributed by atoms with E-state index in [2.05, 4.69) is 32.9 Å². The van der Waals surface area contributed by atoms with E-state index in [4.69, 9.17) is 0 Å². The summed E-state index contributed by atoms with van der Waals surface area (Å²) >= 11 is 0. The van der Waals surface area contributed by atoms with E-state index in [-0.39, 0.29) is 0 Å². The SMILES string of the molecule is CCCn1cc(Cn2ccnc2-c2cccc3ccnn23)cn1. The highest BCUT2D eigenvalue weighted by atomic mass is 15.3. The van der Waals surface area contributed by atoms with Crippen molar-refractivity contribution >= 4 is 5.52 Å². The average molecular weight is 306 g/mol. The second-order valence-corrected chi connectivity index (χ2v) is 5.57. The zero-order chi connectivity index (χ0) is 15.6. The molecule has 0 radical (unpaired) electrons. The minimum Gasteiger partial charge on any atom is -0.325 e. The van der Waals surface area contributed by atoms with Gasteiger partial charge in [-0.2, -0.15) is 10.2 Å². The molecular weight excluding hydrogens is 288 g/mol. The predicted octanol–water partition coefficient (Wildman–Crippen LogP) is 2.85. The summed E-state index contributed by atoms with van der Waals surface area (Å²) < 4.78 is 6.03. The van der Waals surface area contributed by atoms with Gasteiger partial charge in [-0.3, -0.25) is 4.68 Å². The Balaban J connectivity index is 1.69. The normalized spacial score (nSPS) is 11.3. The first-order chi connectivity index (χ1) is 11.3. The van der Waals surface area contributed by atoms with Gasteiger partial charge in [0.15, 0.2) is 5.82 Å². The van der Waals surface area contributed by atoms with Crippen LogP contribution in [0, 0.1) is 0 Å². The lowest BCUT2D eigenvalue weighted by Gasteiger charge is -2.08. The molecule has 0 unspecified atom stereocenters. The van der Waals surface area contributed by atoms with E-state index in [1.165, 1.54) is 5.56 Å². The highest BCUT2D eigenvalue weighted by molar-refractivity contribution is 5.58. The highest BCUT2D eigenvalue weighted by Gasteiger charge is 2.11. The van der Waals surface area contributed by atoms with Gasteiger partial charge in [-0.1, -0.05) is 13.0 Å². The predicted molar refractivity (Wildman–Crippen MR) is 88.0 cm³/mol. The van der Waals surface area contributed by atoms with Gasteiger partial charge in [-0.05, 0) is 24.6 Å². The Morgan fingerprint density at radius 2 is 2.04 bits per heavy atom. The smallest absolute Gasteiger partial charge is 0.159 e. The van der Waals surface area contributed by atoms with Crippen molar-refractivity contribution < 1.29 is 0 Å². The van der Waals surface area contributed by atoms with E-state index in [0.717, 1.165) is 36.5 Å². The van der Waals surface area contributed by atoms with Gasteiger partial charge < -0.3 is 4.57 Å². The molecule has 0 aliphatic rings. The van der Waals surface area contributed by atoms with E-state index in [9.17, 15) is 0 Å². The van der Waals surface area contributed by atoms with Gasteiger partial charge in [0.2, 0.25) is 0 Å². The fourth-order valence-corrected chi connectivity index (χ4v) is 2.82. The van der Waals surface area contributed by atoms with E-state index >= 15 is 0 Å². The van der Waals surface area contributed by atoms with E-state index in [0.29, 0.717) is 0 Å². The number of aryl methyl sites for hydroxylation is 1. The van der Waals surface area contributed by atoms with Crippen LogP contribution in [0.2, 0.25) is 0 Å². The maximum atomic E-state index is 4.53. The van der Waals surface area contributed by atoms with Crippen LogP contribution in [0.5, 0.6) is 0 Å². The van der Waals surface area contributed by atoms with E-state index in [1.807, 2.05) is 52.1 Å². The summed E-state index contributed by atoms with van der Waals surface area (Å²) in [4.78, 5) is 4.53. The first-order valence-electron chi connectivity index (χ1n) is 7.81. The van der Waals surface area contributed by atoms with Gasteiger partial charge in [-0.25, -0.2) is 9.50 Å². The Morgan fingerprint density at radius 3 is 2.96 bits per heavy atom. The number of pyridine rings is 1. The zero-order valence-electron chi connectivity index (χ0n) is 13.0. The molecule has 0 N–H and O–H groups in total. The molecule has 0 atom stereocenters. The molecular formula is C17H18N6. The summed E-state index contributed by atoms with van der Waals surface area (Å²) in [6, 6.07) is 8.11. The zero-order valence-corrected chi connectivity index (χ0v) is 13.0. The van der Waals surface area contributed by atoms with E-state index in [1.54, 1.807) is 6.20 Å². The maximum Gasteiger partial charge on any atom is 0.159 e. The summed E-state index contributed by atoms with van der Waals surface area (Å²) in [5.74, 6) is 0.905. The molecule has 4 heterocycles. The van der Waals surface area contributed by atoms with Crippen LogP contribution in [0.3, 0.4) is 0 Å². The van der Waals surface area contributed by atoms with Crippen molar-refractivity contribution in [1.82, 2.24) is 28.9 Å². The first kappa shape index (κ1) is 13.8. The third-order valence-electron chi connectivity index (χ3n) is 3.86. The molecule has 0 amide bonds. The molecule has 4 aromatic heterocycles. The molecule has 0 spiro atoms. The van der Waals surface area contributed by atoms with Crippen LogP contribution in [0.15, 0.2) is 55.2 Å². The molecule has 0 fully saturated rings. The van der Waals surface area contributed by atoms with Gasteiger partial charge in [-0.15, -0.1) is 0 Å². The third kappa shape index (κ3) is 2.52. The Bertz CT molecular complexity index is 929. The number of fused-ring (bicyclic) bond motifs is 1. The quantitative estimate of drug-likeness (QED) is 0.570. The third-order valence-corrected chi connectivity index (χ3v) is 3.86. The Labute approximate surface area is 134 Å². The number of hydrogen-bond acceptors (Lipinski definition) is 3. The second-order valence-electron chi connectivity index (χ2n) is 5.57. The van der Waals surface area contributed by atoms with Crippen molar-refractivity contribution in [1.29, 1.82) is 0 Å². The van der Waals surface area contributed by atoms with Crippen LogP contribution in [-0.2, 0) is 13.1 Å². The number of nitrogens with zero attached hydrogens (tertiary/aromatic N) is 6. The van der Waals surface area contributed by atoms with Crippen molar-refractivity contribution in [3.8, 4) is 11.5 Å². The summed E-state index contributed by atoms with van der Waals surface area (Å²) in [7, 11) is 0. The van der Waals surface area contributed by atoms with Crippen molar-refractivity contribution in [2.45, 2.75) is 26.4 Å². The summed E-state index contributed by atoms with van der Waals surface area (Å²) in [6.45, 7) is 3.85. The molecule has 0 saturated heterocycles. The minimum absolute atomic E-state index is 0.747. The summed E-state index contributed by atoms with van der Waals surface area (Å²) in [5.41, 5.74) is 3.22. The number of aromatic nitrogens is 6. The fraction of sp³-hybridized carbons (Fsp3) is 0.235. The fourth-order valence-electron chi connectivity index (χ4n) is 2.82. The Hall–Kier alpha value is -2.89. The molecule has 23 heavy (non-hydrogen) atoms. The summed E-state index contributed by atoms with van der Waals surface area (Å²) in [6.07, 6.45) is 10.7. The maximum absolute atomic E-state index is 4.53. The molecule has 0 aliphatic heterocycles. The second kappa shape index (κ2) is 5.72. The molecule has 0 aliphatic carbocycles. The average Bonchev–Trinajstić information content (AvgIpc) is 3.28. The molecule has 6 nitrogen and oxygen atoms in total. The lowest BCUT2D eigenvalue weighted by atomic mass is 10.3. The molecule has 4 aromatic rings. The van der Waals surface area contributed by atoms with Gasteiger partial charge in [0.1, 0.15) is 5.69 Å². The van der Waals surface area contributed by atoms with Gasteiger partial charge in [0, 0.05) is 30.7 Å². The molecule has 0 bridgehead atoms. The lowest BCUT2D eigenvalue weighted by molar-refractivity contribution is 0.602. The molecule has 0 aromatic carbocycles. The molecule has 4 rings (SSSR count). The van der Waals surface area contributed by atoms with E-state index < -0.39 is 0 Å². The van der Waals surface area contributed by atoms with Crippen molar-refractivity contribution in [3.63, 3.8) is 0 Å². The van der Waals surface area contributed by atoms with Crippen molar-refractivity contribution in [2.75, 3.05) is 0 Å². The van der Waals surface area contributed by atoms with Gasteiger partial charge >= 0.3 is 0 Å². The first-order valence-corrected chi connectivity index (χ1v) is 7.81. The number of hydrogen-bond donors (Lipinski definition) is 0. The van der Waals surface area contributed by atoms with Crippen LogP contribution >= 0.6 is 0 Å². The minimum atomic E-state index is 0.747. The van der Waals surface area contributed by atoms with Gasteiger partial charge in [0.25, 0.3) is 0 Å². The van der Waals surface area contributed by atoms with Gasteiger partial charge in [0.05, 0.1) is 24.5 Å². The Kier molecular flexibility index (Phi) is 3.42. The lowest BCUT2D eigenvalue weighted by Crippen LogP contribution is -2.04. The van der Waals surface area contributed by atoms with Crippen LogP contribution in [-0.4, -0.2) is 28.9 Å². The topological polar surface area (TPSA) is 52.9 Å². The van der Waals surface area contributed by atoms with Crippen LogP contribution < -0.4 is 0 Å². The molecule has 116 valence electrons. The standard InChI is InChI=1S/C17H18N6/c1-2-9-22-13-14(11-20-22)12-21-10-8-18-17(21)16-5-3-4-15-6-7-19-23(15)16/h3-8,10-11,13H,2,9,12H2,1H3. The Morgan fingerprint density at radius 1 is 1.09 bits per heavy atom. The van der Waals surface area contributed by atoms with Crippen LogP contribution in [0.25, 0.3) is 17.0 Å². The highest BCUT2D eigenvalue weighted by Crippen LogP contribution is 2.19. The van der Waals surface area contributed by atoms with Crippen molar-refractivity contribution in [3.05, 3.63) is 60.8 Å². The monoisotopic (exact) mass is 306 g/mol.